The van der Waals surface area contributed by atoms with Crippen LogP contribution in [0.1, 0.15) is 50.0 Å². The molecule has 5 rings (SSSR count). The summed E-state index contributed by atoms with van der Waals surface area (Å²) in [6.45, 7) is 0. The standard InChI is InChI=1S/C22H24N4O2/c27-16-3-1-2-15(11-16)24-22-19-12-23-9-8-17(19)21(25-26-22)18-7-6-14(10-20(18)28)13-4-5-13/h6-10,12-13,15-16,27-28H,1-5,11H2,(H,24,26)/t15-,16-/m1/s1. The Kier molecular flexibility index (Phi) is 4.36. The number of aliphatic hydroxyl groups excluding tert-OH is 1. The van der Waals surface area contributed by atoms with Gasteiger partial charge in [-0.25, -0.2) is 0 Å². The van der Waals surface area contributed by atoms with Crippen molar-refractivity contribution in [3.8, 4) is 17.0 Å². The summed E-state index contributed by atoms with van der Waals surface area (Å²) in [6, 6.07) is 7.97. The highest BCUT2D eigenvalue weighted by atomic mass is 16.3. The predicted octanol–water partition coefficient (Wildman–Crippen LogP) is 3.99. The van der Waals surface area contributed by atoms with E-state index in [-0.39, 0.29) is 17.9 Å². The van der Waals surface area contributed by atoms with Crippen molar-refractivity contribution in [2.45, 2.75) is 56.6 Å². The van der Waals surface area contributed by atoms with E-state index < -0.39 is 0 Å². The number of anilines is 1. The minimum Gasteiger partial charge on any atom is -0.507 e. The van der Waals surface area contributed by atoms with Gasteiger partial charge in [-0.1, -0.05) is 6.07 Å². The normalized spacial score (nSPS) is 22.3. The fraction of sp³-hybridized carbons (Fsp3) is 0.409. The number of benzene rings is 1. The van der Waals surface area contributed by atoms with Crippen LogP contribution in [0.25, 0.3) is 22.0 Å². The van der Waals surface area contributed by atoms with Crippen LogP contribution < -0.4 is 5.32 Å². The van der Waals surface area contributed by atoms with Gasteiger partial charge in [-0.3, -0.25) is 4.98 Å². The zero-order valence-electron chi connectivity index (χ0n) is 15.7. The third-order valence-electron chi connectivity index (χ3n) is 5.89. The van der Waals surface area contributed by atoms with Crippen LogP contribution in [0, 0.1) is 0 Å². The van der Waals surface area contributed by atoms with Crippen molar-refractivity contribution < 1.29 is 10.2 Å². The van der Waals surface area contributed by atoms with Crippen molar-refractivity contribution in [2.75, 3.05) is 5.32 Å². The Balaban J connectivity index is 1.53. The summed E-state index contributed by atoms with van der Waals surface area (Å²) in [6.07, 6.45) is 9.24. The number of nitrogens with zero attached hydrogens (tertiary/aromatic N) is 3. The molecule has 0 radical (unpaired) electrons. The Morgan fingerprint density at radius 2 is 1.89 bits per heavy atom. The number of rotatable bonds is 4. The summed E-state index contributed by atoms with van der Waals surface area (Å²) in [7, 11) is 0. The van der Waals surface area contributed by atoms with Gasteiger partial charge in [0.1, 0.15) is 11.4 Å². The van der Waals surface area contributed by atoms with Crippen LogP contribution in [0.15, 0.2) is 36.7 Å². The van der Waals surface area contributed by atoms with Gasteiger partial charge in [-0.05, 0) is 68.2 Å². The van der Waals surface area contributed by atoms with E-state index in [9.17, 15) is 10.2 Å². The molecule has 6 heteroatoms. The van der Waals surface area contributed by atoms with Crippen LogP contribution in [0.5, 0.6) is 5.75 Å². The van der Waals surface area contributed by atoms with E-state index >= 15 is 0 Å². The van der Waals surface area contributed by atoms with E-state index in [1.54, 1.807) is 12.4 Å². The molecule has 2 aromatic heterocycles. The molecule has 144 valence electrons. The number of phenolic OH excluding ortho intramolecular Hbond substituents is 1. The Labute approximate surface area is 163 Å². The van der Waals surface area contributed by atoms with Crippen molar-refractivity contribution >= 4 is 16.6 Å². The summed E-state index contributed by atoms with van der Waals surface area (Å²) in [4.78, 5) is 4.26. The molecule has 0 amide bonds. The largest absolute Gasteiger partial charge is 0.507 e. The zero-order valence-corrected chi connectivity index (χ0v) is 15.7. The van der Waals surface area contributed by atoms with Gasteiger partial charge in [0, 0.05) is 34.8 Å². The van der Waals surface area contributed by atoms with Crippen molar-refractivity contribution in [2.24, 2.45) is 0 Å². The van der Waals surface area contributed by atoms with E-state index in [4.69, 9.17) is 0 Å². The van der Waals surface area contributed by atoms with Crippen LogP contribution >= 0.6 is 0 Å². The molecule has 2 heterocycles. The smallest absolute Gasteiger partial charge is 0.158 e. The Bertz CT molecular complexity index is 1020. The number of hydrogen-bond donors (Lipinski definition) is 3. The quantitative estimate of drug-likeness (QED) is 0.638. The number of hydrogen-bond acceptors (Lipinski definition) is 6. The number of phenols is 1. The highest BCUT2D eigenvalue weighted by Gasteiger charge is 2.25. The molecule has 2 aliphatic rings. The molecular weight excluding hydrogens is 352 g/mol. The molecule has 1 aromatic carbocycles. The minimum atomic E-state index is -0.259. The van der Waals surface area contributed by atoms with Gasteiger partial charge in [0.2, 0.25) is 0 Å². The van der Waals surface area contributed by atoms with Gasteiger partial charge in [0.15, 0.2) is 5.82 Å². The van der Waals surface area contributed by atoms with Gasteiger partial charge in [-0.2, -0.15) is 0 Å². The van der Waals surface area contributed by atoms with Crippen molar-refractivity contribution in [3.63, 3.8) is 0 Å². The second kappa shape index (κ2) is 7.02. The number of aliphatic hydroxyl groups is 1. The monoisotopic (exact) mass is 376 g/mol. The summed E-state index contributed by atoms with van der Waals surface area (Å²) >= 11 is 0. The zero-order chi connectivity index (χ0) is 19.1. The number of aromatic hydroxyl groups is 1. The second-order valence-electron chi connectivity index (χ2n) is 8.03. The molecule has 2 saturated carbocycles. The fourth-order valence-corrected chi connectivity index (χ4v) is 4.21. The predicted molar refractivity (Wildman–Crippen MR) is 108 cm³/mol. The van der Waals surface area contributed by atoms with Crippen molar-refractivity contribution in [3.05, 3.63) is 42.2 Å². The number of nitrogens with one attached hydrogen (secondary N) is 1. The lowest BCUT2D eigenvalue weighted by molar-refractivity contribution is 0.124. The van der Waals surface area contributed by atoms with Crippen LogP contribution in [0.3, 0.4) is 0 Å². The first-order valence-corrected chi connectivity index (χ1v) is 10.1. The van der Waals surface area contributed by atoms with Gasteiger partial charge in [0.25, 0.3) is 0 Å². The van der Waals surface area contributed by atoms with Gasteiger partial charge in [0.05, 0.1) is 6.10 Å². The Hall–Kier alpha value is -2.73. The van der Waals surface area contributed by atoms with Gasteiger partial charge >= 0.3 is 0 Å². The van der Waals surface area contributed by atoms with E-state index in [0.29, 0.717) is 29.4 Å². The molecule has 2 aliphatic carbocycles. The fourth-order valence-electron chi connectivity index (χ4n) is 4.21. The Morgan fingerprint density at radius 3 is 2.68 bits per heavy atom. The lowest BCUT2D eigenvalue weighted by Gasteiger charge is -2.27. The lowest BCUT2D eigenvalue weighted by Crippen LogP contribution is -2.30. The van der Waals surface area contributed by atoms with E-state index in [1.807, 2.05) is 18.2 Å². The summed E-state index contributed by atoms with van der Waals surface area (Å²) in [5, 5.41) is 34.6. The molecule has 0 unspecified atom stereocenters. The molecule has 0 spiro atoms. The SMILES string of the molecule is Oc1cc(C2CC2)ccc1-c1nnc(N[C@@H]2CCC[C@@H](O)C2)c2cnccc12. The molecule has 3 N–H and O–H groups in total. The molecule has 28 heavy (non-hydrogen) atoms. The molecule has 0 saturated heterocycles. The third kappa shape index (κ3) is 3.29. The number of fused-ring (bicyclic) bond motifs is 1. The van der Waals surface area contributed by atoms with Crippen molar-refractivity contribution in [1.29, 1.82) is 0 Å². The maximum atomic E-state index is 10.6. The first-order valence-electron chi connectivity index (χ1n) is 10.1. The summed E-state index contributed by atoms with van der Waals surface area (Å²) < 4.78 is 0. The van der Waals surface area contributed by atoms with Crippen LogP contribution in [-0.4, -0.2) is 37.5 Å². The molecule has 0 aliphatic heterocycles. The Morgan fingerprint density at radius 1 is 1.00 bits per heavy atom. The van der Waals surface area contributed by atoms with E-state index in [2.05, 4.69) is 26.6 Å². The molecule has 3 aromatic rings. The van der Waals surface area contributed by atoms with Crippen molar-refractivity contribution in [1.82, 2.24) is 15.2 Å². The maximum absolute atomic E-state index is 10.6. The van der Waals surface area contributed by atoms with Crippen LogP contribution in [0.4, 0.5) is 5.82 Å². The summed E-state index contributed by atoms with van der Waals surface area (Å²) in [5.41, 5.74) is 2.54. The molecule has 2 atom stereocenters. The van der Waals surface area contributed by atoms with Gasteiger partial charge < -0.3 is 15.5 Å². The highest BCUT2D eigenvalue weighted by Crippen LogP contribution is 2.43. The molecule has 2 fully saturated rings. The second-order valence-corrected chi connectivity index (χ2v) is 8.03. The highest BCUT2D eigenvalue weighted by molar-refractivity contribution is 6.00. The summed E-state index contributed by atoms with van der Waals surface area (Å²) in [5.74, 6) is 1.51. The van der Waals surface area contributed by atoms with E-state index in [0.717, 1.165) is 30.0 Å². The number of pyridine rings is 1. The first-order chi connectivity index (χ1) is 13.7. The first kappa shape index (κ1) is 17.4. The maximum Gasteiger partial charge on any atom is 0.158 e. The van der Waals surface area contributed by atoms with E-state index in [1.165, 1.54) is 18.4 Å². The lowest BCUT2D eigenvalue weighted by atomic mass is 9.93. The molecule has 6 nitrogen and oxygen atoms in total. The molecule has 0 bridgehead atoms. The third-order valence-corrected chi connectivity index (χ3v) is 5.89. The topological polar surface area (TPSA) is 91.2 Å². The number of aromatic nitrogens is 3. The van der Waals surface area contributed by atoms with Crippen LogP contribution in [0.2, 0.25) is 0 Å². The molecular formula is C22H24N4O2. The van der Waals surface area contributed by atoms with Gasteiger partial charge in [-0.15, -0.1) is 10.2 Å². The average molecular weight is 376 g/mol. The minimum absolute atomic E-state index is 0.179. The average Bonchev–Trinajstić information content (AvgIpc) is 3.54. The van der Waals surface area contributed by atoms with Crippen LogP contribution in [-0.2, 0) is 0 Å².